The van der Waals surface area contributed by atoms with Crippen molar-refractivity contribution in [2.45, 2.75) is 69.5 Å². The third-order valence-electron chi connectivity index (χ3n) is 4.79. The van der Waals surface area contributed by atoms with Crippen LogP contribution in [0.4, 0.5) is 0 Å². The molecule has 1 aliphatic heterocycles. The number of nitrogens with zero attached hydrogens (tertiary/aromatic N) is 1. The molecule has 1 heterocycles. The van der Waals surface area contributed by atoms with Gasteiger partial charge in [-0.15, -0.1) is 0 Å². The number of carbonyl (C=O) groups is 1. The van der Waals surface area contributed by atoms with Crippen molar-refractivity contribution >= 4 is 5.97 Å². The van der Waals surface area contributed by atoms with E-state index in [0.717, 1.165) is 50.8 Å². The molecular formula is C16H30N4O2. The molecule has 0 aromatic carbocycles. The Morgan fingerprint density at radius 2 is 2.18 bits per heavy atom. The van der Waals surface area contributed by atoms with Gasteiger partial charge in [-0.1, -0.05) is 0 Å². The van der Waals surface area contributed by atoms with Gasteiger partial charge in [0.25, 0.3) is 0 Å². The summed E-state index contributed by atoms with van der Waals surface area (Å²) >= 11 is 0. The summed E-state index contributed by atoms with van der Waals surface area (Å²) in [5.74, 6) is -0.224. The molecule has 1 saturated carbocycles. The lowest BCUT2D eigenvalue weighted by Gasteiger charge is -2.24. The van der Waals surface area contributed by atoms with E-state index in [0.29, 0.717) is 24.4 Å². The number of fused-ring (bicyclic) bond motifs is 1. The van der Waals surface area contributed by atoms with Crippen molar-refractivity contribution in [1.82, 2.24) is 4.90 Å². The molecule has 0 spiro atoms. The fraction of sp³-hybridized carbons (Fsp3) is 0.812. The van der Waals surface area contributed by atoms with Gasteiger partial charge >= 0.3 is 5.97 Å². The summed E-state index contributed by atoms with van der Waals surface area (Å²) in [6.45, 7) is 0.920. The highest BCUT2D eigenvalue weighted by Crippen LogP contribution is 2.40. The summed E-state index contributed by atoms with van der Waals surface area (Å²) < 4.78 is 0. The average molecular weight is 310 g/mol. The summed E-state index contributed by atoms with van der Waals surface area (Å²) in [5.41, 5.74) is 18.7. The Balaban J connectivity index is 1.82. The first-order chi connectivity index (χ1) is 10.5. The normalized spacial score (nSPS) is 32.5. The Morgan fingerprint density at radius 1 is 1.41 bits per heavy atom. The van der Waals surface area contributed by atoms with Crippen molar-refractivity contribution in [2.24, 2.45) is 23.1 Å². The van der Waals surface area contributed by atoms with Gasteiger partial charge in [-0.05, 0) is 57.3 Å². The van der Waals surface area contributed by atoms with Crippen LogP contribution in [-0.4, -0.2) is 40.6 Å². The maximum Gasteiger partial charge on any atom is 0.320 e. The number of hydrogen-bond acceptors (Lipinski definition) is 5. The lowest BCUT2D eigenvalue weighted by atomic mass is 10.0. The third-order valence-corrected chi connectivity index (χ3v) is 4.79. The molecule has 1 fully saturated rings. The predicted octanol–water partition coefficient (Wildman–Crippen LogP) is 0.961. The first kappa shape index (κ1) is 17.1. The summed E-state index contributed by atoms with van der Waals surface area (Å²) in [6.07, 6.45) is 9.75. The van der Waals surface area contributed by atoms with Gasteiger partial charge in [0, 0.05) is 30.5 Å². The van der Waals surface area contributed by atoms with Crippen LogP contribution in [-0.2, 0) is 4.79 Å². The molecule has 0 radical (unpaired) electrons. The number of hydrogen-bond donors (Lipinski definition) is 4. The van der Waals surface area contributed by atoms with E-state index in [1.54, 1.807) is 0 Å². The van der Waals surface area contributed by atoms with E-state index in [9.17, 15) is 4.79 Å². The van der Waals surface area contributed by atoms with Crippen LogP contribution in [0.25, 0.3) is 0 Å². The molecule has 126 valence electrons. The van der Waals surface area contributed by atoms with Gasteiger partial charge in [-0.25, -0.2) is 0 Å². The van der Waals surface area contributed by atoms with Crippen LogP contribution in [0.15, 0.2) is 11.9 Å². The van der Waals surface area contributed by atoms with Gasteiger partial charge in [0.1, 0.15) is 6.04 Å². The fourth-order valence-electron chi connectivity index (χ4n) is 3.35. The first-order valence-electron chi connectivity index (χ1n) is 8.43. The first-order valence-corrected chi connectivity index (χ1v) is 8.43. The van der Waals surface area contributed by atoms with Gasteiger partial charge in [-0.3, -0.25) is 4.79 Å². The van der Waals surface area contributed by atoms with Crippen LogP contribution in [0.3, 0.4) is 0 Å². The molecule has 2 rings (SSSR count). The van der Waals surface area contributed by atoms with Crippen molar-refractivity contribution in [3.63, 3.8) is 0 Å². The van der Waals surface area contributed by atoms with Crippen molar-refractivity contribution in [3.05, 3.63) is 11.9 Å². The summed E-state index contributed by atoms with van der Waals surface area (Å²) in [5, 5.41) is 8.79. The highest BCUT2D eigenvalue weighted by atomic mass is 16.4. The standard InChI is InChI=1S/C16H30N4O2/c17-12-4-3-5-13(18)10-20(15-9-11(15)8-12)7-2-1-6-14(19)16(21)22/h10-12,14-15H,1-9,17-19H2,(H,21,22)/b13-10-. The van der Waals surface area contributed by atoms with Crippen molar-refractivity contribution < 1.29 is 9.90 Å². The minimum atomic E-state index is -0.917. The van der Waals surface area contributed by atoms with E-state index in [4.69, 9.17) is 22.3 Å². The molecule has 1 aliphatic carbocycles. The Bertz CT molecular complexity index is 413. The van der Waals surface area contributed by atoms with Gasteiger partial charge in [-0.2, -0.15) is 0 Å². The van der Waals surface area contributed by atoms with E-state index >= 15 is 0 Å². The van der Waals surface area contributed by atoms with Crippen LogP contribution in [0, 0.1) is 5.92 Å². The SMILES string of the molecule is N/C1=C\N(CCCCC(N)C(=O)O)C2CC2CC(N)CCC1. The lowest BCUT2D eigenvalue weighted by molar-refractivity contribution is -0.138. The number of allylic oxidation sites excluding steroid dienone is 1. The molecule has 2 aliphatic rings. The topological polar surface area (TPSA) is 119 Å². The maximum atomic E-state index is 10.7. The molecule has 22 heavy (non-hydrogen) atoms. The highest BCUT2D eigenvalue weighted by molar-refractivity contribution is 5.72. The zero-order valence-corrected chi connectivity index (χ0v) is 13.3. The molecular weight excluding hydrogens is 280 g/mol. The highest BCUT2D eigenvalue weighted by Gasteiger charge is 2.41. The summed E-state index contributed by atoms with van der Waals surface area (Å²) in [7, 11) is 0. The van der Waals surface area contributed by atoms with Gasteiger partial charge in [0.05, 0.1) is 0 Å². The predicted molar refractivity (Wildman–Crippen MR) is 86.8 cm³/mol. The molecule has 0 amide bonds. The van der Waals surface area contributed by atoms with E-state index in [-0.39, 0.29) is 0 Å². The number of rotatable bonds is 6. The second-order valence-corrected chi connectivity index (χ2v) is 6.83. The van der Waals surface area contributed by atoms with Crippen LogP contribution >= 0.6 is 0 Å². The largest absolute Gasteiger partial charge is 0.480 e. The molecule has 0 bridgehead atoms. The molecule has 0 aromatic rings. The molecule has 6 heteroatoms. The van der Waals surface area contributed by atoms with Crippen molar-refractivity contribution in [3.8, 4) is 0 Å². The summed E-state index contributed by atoms with van der Waals surface area (Å²) in [4.78, 5) is 13.1. The van der Waals surface area contributed by atoms with Crippen LogP contribution in [0.2, 0.25) is 0 Å². The van der Waals surface area contributed by atoms with Crippen LogP contribution in [0.5, 0.6) is 0 Å². The van der Waals surface area contributed by atoms with Gasteiger partial charge < -0.3 is 27.2 Å². The number of unbranched alkanes of at least 4 members (excludes halogenated alkanes) is 1. The maximum absolute atomic E-state index is 10.7. The average Bonchev–Trinajstić information content (AvgIpc) is 3.20. The number of aliphatic carboxylic acids is 1. The van der Waals surface area contributed by atoms with E-state index < -0.39 is 12.0 Å². The van der Waals surface area contributed by atoms with Gasteiger partial charge in [0.15, 0.2) is 0 Å². The molecule has 4 atom stereocenters. The third kappa shape index (κ3) is 5.18. The molecule has 7 N–H and O–H groups in total. The molecule has 4 unspecified atom stereocenters. The molecule has 6 nitrogen and oxygen atoms in total. The number of carboxylic acid groups (broad SMARTS) is 1. The molecule has 0 saturated heterocycles. The minimum Gasteiger partial charge on any atom is -0.480 e. The van der Waals surface area contributed by atoms with Crippen LogP contribution < -0.4 is 17.2 Å². The van der Waals surface area contributed by atoms with Gasteiger partial charge in [0.2, 0.25) is 0 Å². The quantitative estimate of drug-likeness (QED) is 0.543. The summed E-state index contributed by atoms with van der Waals surface area (Å²) in [6, 6.07) is 0.124. The Hall–Kier alpha value is -1.27. The minimum absolute atomic E-state index is 0.302. The van der Waals surface area contributed by atoms with Crippen molar-refractivity contribution in [1.29, 1.82) is 0 Å². The smallest absolute Gasteiger partial charge is 0.320 e. The Labute approximate surface area is 132 Å². The number of carboxylic acids is 1. The lowest BCUT2D eigenvalue weighted by Crippen LogP contribution is -2.31. The zero-order chi connectivity index (χ0) is 16.1. The second kappa shape index (κ2) is 7.83. The second-order valence-electron chi connectivity index (χ2n) is 6.83. The van der Waals surface area contributed by atoms with E-state index in [1.807, 2.05) is 0 Å². The Morgan fingerprint density at radius 3 is 2.91 bits per heavy atom. The number of nitrogens with two attached hydrogens (primary N) is 3. The van der Waals surface area contributed by atoms with Crippen LogP contribution in [0.1, 0.15) is 51.4 Å². The molecule has 0 aromatic heterocycles. The van der Waals surface area contributed by atoms with Crippen molar-refractivity contribution in [2.75, 3.05) is 6.54 Å². The Kier molecular flexibility index (Phi) is 6.08. The fourth-order valence-corrected chi connectivity index (χ4v) is 3.35. The monoisotopic (exact) mass is 310 g/mol. The van der Waals surface area contributed by atoms with E-state index in [1.165, 1.54) is 6.42 Å². The van der Waals surface area contributed by atoms with E-state index in [2.05, 4.69) is 11.1 Å². The zero-order valence-electron chi connectivity index (χ0n) is 13.3.